The lowest BCUT2D eigenvalue weighted by Crippen LogP contribution is -2.53. The highest BCUT2D eigenvalue weighted by atomic mass is 16.1. The molecule has 4 nitrogen and oxygen atoms in total. The van der Waals surface area contributed by atoms with E-state index in [1.165, 1.54) is 0 Å². The van der Waals surface area contributed by atoms with Crippen molar-refractivity contribution in [3.05, 3.63) is 18.0 Å². The standard InChI is InChI=1S/C9H13N3O/c1-12-6-7(5-11-12)8(13)9(10)3-2-4-9/h5-6H,2-4,10H2,1H3. The topological polar surface area (TPSA) is 60.9 Å². The number of carbonyl (C=O) groups excluding carboxylic acids is 1. The number of Topliss-reactive ketones (excluding diaryl/α,β-unsaturated/α-hetero) is 1. The molecule has 0 radical (unpaired) electrons. The normalized spacial score (nSPS) is 19.5. The van der Waals surface area contributed by atoms with Crippen LogP contribution in [-0.4, -0.2) is 21.1 Å². The van der Waals surface area contributed by atoms with Gasteiger partial charge in [-0.05, 0) is 19.3 Å². The van der Waals surface area contributed by atoms with E-state index in [0.717, 1.165) is 19.3 Å². The van der Waals surface area contributed by atoms with Crippen LogP contribution in [0.15, 0.2) is 12.4 Å². The van der Waals surface area contributed by atoms with Crippen LogP contribution < -0.4 is 5.73 Å². The molecule has 1 saturated carbocycles. The lowest BCUT2D eigenvalue weighted by molar-refractivity contribution is 0.0800. The second-order valence-electron chi connectivity index (χ2n) is 3.74. The molecule has 13 heavy (non-hydrogen) atoms. The first-order valence-corrected chi connectivity index (χ1v) is 4.44. The van der Waals surface area contributed by atoms with Crippen LogP contribution in [0.25, 0.3) is 0 Å². The van der Waals surface area contributed by atoms with E-state index in [-0.39, 0.29) is 5.78 Å². The predicted octanol–water partition coefficient (Wildman–Crippen LogP) is 0.484. The van der Waals surface area contributed by atoms with Gasteiger partial charge in [0.1, 0.15) is 0 Å². The second kappa shape index (κ2) is 2.67. The first-order chi connectivity index (χ1) is 6.12. The lowest BCUT2D eigenvalue weighted by atomic mass is 9.73. The fourth-order valence-electron chi connectivity index (χ4n) is 1.61. The Hall–Kier alpha value is -1.16. The summed E-state index contributed by atoms with van der Waals surface area (Å²) in [6.07, 6.45) is 5.97. The molecule has 0 atom stereocenters. The summed E-state index contributed by atoms with van der Waals surface area (Å²) in [7, 11) is 1.79. The predicted molar refractivity (Wildman–Crippen MR) is 48.3 cm³/mol. The first kappa shape index (κ1) is 8.44. The second-order valence-corrected chi connectivity index (χ2v) is 3.74. The third kappa shape index (κ3) is 1.27. The number of nitrogens with zero attached hydrogens (tertiary/aromatic N) is 2. The molecule has 0 bridgehead atoms. The van der Waals surface area contributed by atoms with E-state index >= 15 is 0 Å². The Labute approximate surface area is 76.7 Å². The zero-order valence-electron chi connectivity index (χ0n) is 7.66. The summed E-state index contributed by atoms with van der Waals surface area (Å²) in [5, 5.41) is 3.95. The summed E-state index contributed by atoms with van der Waals surface area (Å²) in [5.41, 5.74) is 5.94. The van der Waals surface area contributed by atoms with Gasteiger partial charge in [-0.2, -0.15) is 5.10 Å². The maximum atomic E-state index is 11.8. The van der Waals surface area contributed by atoms with Gasteiger partial charge in [0.25, 0.3) is 0 Å². The highest BCUT2D eigenvalue weighted by Crippen LogP contribution is 2.32. The molecule has 1 fully saturated rings. The molecule has 0 aromatic carbocycles. The largest absolute Gasteiger partial charge is 0.319 e. The SMILES string of the molecule is Cn1cc(C(=O)C2(N)CCC2)cn1. The average molecular weight is 179 g/mol. The summed E-state index contributed by atoms with van der Waals surface area (Å²) in [4.78, 5) is 11.8. The highest BCUT2D eigenvalue weighted by molar-refractivity contribution is 6.03. The zero-order chi connectivity index (χ0) is 9.47. The first-order valence-electron chi connectivity index (χ1n) is 4.44. The van der Waals surface area contributed by atoms with Crippen LogP contribution in [0.1, 0.15) is 29.6 Å². The molecule has 1 aliphatic rings. The summed E-state index contributed by atoms with van der Waals surface area (Å²) in [6.45, 7) is 0. The maximum absolute atomic E-state index is 11.8. The third-order valence-electron chi connectivity index (χ3n) is 2.67. The van der Waals surface area contributed by atoms with Crippen molar-refractivity contribution in [2.45, 2.75) is 24.8 Å². The van der Waals surface area contributed by atoms with Gasteiger partial charge < -0.3 is 5.73 Å². The van der Waals surface area contributed by atoms with Crippen LogP contribution in [0.3, 0.4) is 0 Å². The molecule has 2 N–H and O–H groups in total. The van der Waals surface area contributed by atoms with E-state index in [0.29, 0.717) is 5.56 Å². The van der Waals surface area contributed by atoms with Gasteiger partial charge in [-0.1, -0.05) is 0 Å². The van der Waals surface area contributed by atoms with Crippen molar-refractivity contribution >= 4 is 5.78 Å². The molecule has 1 aromatic heterocycles. The summed E-state index contributed by atoms with van der Waals surface area (Å²) < 4.78 is 1.62. The Bertz CT molecular complexity index is 338. The van der Waals surface area contributed by atoms with Crippen molar-refractivity contribution in [2.24, 2.45) is 12.8 Å². The van der Waals surface area contributed by atoms with E-state index in [1.54, 1.807) is 24.1 Å². The number of hydrogen-bond acceptors (Lipinski definition) is 3. The number of rotatable bonds is 2. The van der Waals surface area contributed by atoms with Crippen molar-refractivity contribution in [2.75, 3.05) is 0 Å². The van der Waals surface area contributed by atoms with Crippen molar-refractivity contribution in [3.8, 4) is 0 Å². The summed E-state index contributed by atoms with van der Waals surface area (Å²) in [6, 6.07) is 0. The van der Waals surface area contributed by atoms with Crippen LogP contribution in [0.2, 0.25) is 0 Å². The van der Waals surface area contributed by atoms with Crippen LogP contribution >= 0.6 is 0 Å². The van der Waals surface area contributed by atoms with Crippen LogP contribution in [-0.2, 0) is 7.05 Å². The van der Waals surface area contributed by atoms with Crippen LogP contribution in [0, 0.1) is 0 Å². The zero-order valence-corrected chi connectivity index (χ0v) is 7.66. The Balaban J connectivity index is 2.22. The Morgan fingerprint density at radius 1 is 1.69 bits per heavy atom. The Kier molecular flexibility index (Phi) is 1.73. The quantitative estimate of drug-likeness (QED) is 0.672. The minimum absolute atomic E-state index is 0.0341. The van der Waals surface area contributed by atoms with Crippen molar-refractivity contribution in [1.82, 2.24) is 9.78 Å². The Morgan fingerprint density at radius 2 is 2.38 bits per heavy atom. The molecule has 0 amide bonds. The number of ketones is 1. The van der Waals surface area contributed by atoms with Gasteiger partial charge in [0.05, 0.1) is 17.3 Å². The number of aryl methyl sites for hydroxylation is 1. The molecular weight excluding hydrogens is 166 g/mol. The molecule has 4 heteroatoms. The minimum Gasteiger partial charge on any atom is -0.319 e. The number of aromatic nitrogens is 2. The van der Waals surface area contributed by atoms with E-state index in [4.69, 9.17) is 5.73 Å². The maximum Gasteiger partial charge on any atom is 0.185 e. The molecule has 1 aliphatic carbocycles. The van der Waals surface area contributed by atoms with Crippen LogP contribution in [0.5, 0.6) is 0 Å². The molecule has 0 saturated heterocycles. The smallest absolute Gasteiger partial charge is 0.185 e. The molecular formula is C9H13N3O. The molecule has 1 aromatic rings. The van der Waals surface area contributed by atoms with Crippen molar-refractivity contribution < 1.29 is 4.79 Å². The van der Waals surface area contributed by atoms with Gasteiger partial charge in [0.15, 0.2) is 5.78 Å². The van der Waals surface area contributed by atoms with E-state index in [9.17, 15) is 4.79 Å². The highest BCUT2D eigenvalue weighted by Gasteiger charge is 2.40. The van der Waals surface area contributed by atoms with E-state index in [1.807, 2.05) is 0 Å². The lowest BCUT2D eigenvalue weighted by Gasteiger charge is -2.35. The van der Waals surface area contributed by atoms with Gasteiger partial charge in [0.2, 0.25) is 0 Å². The molecule has 0 spiro atoms. The summed E-state index contributed by atoms with van der Waals surface area (Å²) in [5.74, 6) is 0.0341. The average Bonchev–Trinajstić information content (AvgIpc) is 2.46. The van der Waals surface area contributed by atoms with Crippen LogP contribution in [0.4, 0.5) is 0 Å². The van der Waals surface area contributed by atoms with Gasteiger partial charge in [-0.25, -0.2) is 0 Å². The molecule has 0 aliphatic heterocycles. The molecule has 0 unspecified atom stereocenters. The van der Waals surface area contributed by atoms with Crippen molar-refractivity contribution in [1.29, 1.82) is 0 Å². The van der Waals surface area contributed by atoms with Gasteiger partial charge in [-0.3, -0.25) is 9.48 Å². The number of nitrogens with two attached hydrogens (primary N) is 1. The fraction of sp³-hybridized carbons (Fsp3) is 0.556. The fourth-order valence-corrected chi connectivity index (χ4v) is 1.61. The minimum atomic E-state index is -0.594. The molecule has 2 rings (SSSR count). The van der Waals surface area contributed by atoms with E-state index in [2.05, 4.69) is 5.10 Å². The van der Waals surface area contributed by atoms with Gasteiger partial charge in [0, 0.05) is 13.2 Å². The van der Waals surface area contributed by atoms with E-state index < -0.39 is 5.54 Å². The van der Waals surface area contributed by atoms with Gasteiger partial charge >= 0.3 is 0 Å². The van der Waals surface area contributed by atoms with Gasteiger partial charge in [-0.15, -0.1) is 0 Å². The molecule has 1 heterocycles. The monoisotopic (exact) mass is 179 g/mol. The number of carbonyl (C=O) groups is 1. The molecule has 70 valence electrons. The third-order valence-corrected chi connectivity index (χ3v) is 2.67. The Morgan fingerprint density at radius 3 is 2.77 bits per heavy atom. The number of hydrogen-bond donors (Lipinski definition) is 1. The van der Waals surface area contributed by atoms with Crippen molar-refractivity contribution in [3.63, 3.8) is 0 Å². The summed E-state index contributed by atoms with van der Waals surface area (Å²) >= 11 is 0.